The van der Waals surface area contributed by atoms with Gasteiger partial charge in [-0.15, -0.1) is 0 Å². The minimum atomic E-state index is 0.00717. The van der Waals surface area contributed by atoms with Crippen LogP contribution in [-0.4, -0.2) is 10.1 Å². The summed E-state index contributed by atoms with van der Waals surface area (Å²) in [6.07, 6.45) is 1.68. The molecule has 0 unspecified atom stereocenters. The fraction of sp³-hybridized carbons (Fsp3) is 0.105. The van der Waals surface area contributed by atoms with Gasteiger partial charge in [0.2, 0.25) is 0 Å². The molecule has 0 aliphatic rings. The highest BCUT2D eigenvalue weighted by atomic mass is 35.5. The number of ether oxygens (including phenoxy) is 1. The Bertz CT molecular complexity index is 863. The quantitative estimate of drug-likeness (QED) is 0.678. The summed E-state index contributed by atoms with van der Waals surface area (Å²) >= 11 is 12.3. The third kappa shape index (κ3) is 4.04. The smallest absolute Gasteiger partial charge is 0.166 e. The van der Waals surface area contributed by atoms with E-state index >= 15 is 0 Å². The van der Waals surface area contributed by atoms with Crippen molar-refractivity contribution >= 4 is 29.0 Å². The van der Waals surface area contributed by atoms with Crippen LogP contribution < -0.4 is 10.5 Å². The summed E-state index contributed by atoms with van der Waals surface area (Å²) in [7, 11) is 0. The molecular formula is C19H16Cl2N2O2. The molecule has 0 aliphatic carbocycles. The Balaban J connectivity index is 1.84. The lowest BCUT2D eigenvalue weighted by Gasteiger charge is -2.12. The number of aliphatic hydroxyl groups excluding tert-OH is 1. The monoisotopic (exact) mass is 374 g/mol. The van der Waals surface area contributed by atoms with E-state index in [1.165, 1.54) is 0 Å². The number of anilines is 1. The second-order valence-corrected chi connectivity index (χ2v) is 6.27. The maximum absolute atomic E-state index is 9.13. The fourth-order valence-electron chi connectivity index (χ4n) is 2.35. The highest BCUT2D eigenvalue weighted by Crippen LogP contribution is 2.30. The molecule has 3 rings (SSSR count). The topological polar surface area (TPSA) is 68.4 Å². The summed E-state index contributed by atoms with van der Waals surface area (Å²) in [5.41, 5.74) is 9.27. The SMILES string of the molecule is Nc1ncc(-c2ccc(CO)cc2)cc1OCc1c(Cl)cccc1Cl. The molecule has 0 saturated heterocycles. The van der Waals surface area contributed by atoms with E-state index in [1.54, 1.807) is 24.4 Å². The first kappa shape index (κ1) is 17.5. The number of nitrogens with two attached hydrogens (primary N) is 1. The molecule has 0 fully saturated rings. The number of nitrogens with zero attached hydrogens (tertiary/aromatic N) is 1. The van der Waals surface area contributed by atoms with Crippen LogP contribution in [0.3, 0.4) is 0 Å². The number of rotatable bonds is 5. The Morgan fingerprint density at radius 2 is 1.68 bits per heavy atom. The van der Waals surface area contributed by atoms with Gasteiger partial charge in [0.25, 0.3) is 0 Å². The standard InChI is InChI=1S/C19H16Cl2N2O2/c20-16-2-1-3-17(21)15(16)11-25-18-8-14(9-23-19(18)22)13-6-4-12(10-24)5-7-13/h1-9,24H,10-11H2,(H2,22,23). The molecule has 2 aromatic carbocycles. The third-order valence-electron chi connectivity index (χ3n) is 3.79. The van der Waals surface area contributed by atoms with E-state index in [0.29, 0.717) is 27.2 Å². The van der Waals surface area contributed by atoms with Crippen molar-refractivity contribution in [1.82, 2.24) is 4.98 Å². The number of pyridine rings is 1. The number of nitrogen functional groups attached to an aromatic ring is 1. The van der Waals surface area contributed by atoms with Crippen molar-refractivity contribution in [2.45, 2.75) is 13.2 Å². The van der Waals surface area contributed by atoms with Crippen molar-refractivity contribution in [3.05, 3.63) is 75.9 Å². The van der Waals surface area contributed by atoms with Crippen LogP contribution in [-0.2, 0) is 13.2 Å². The van der Waals surface area contributed by atoms with Gasteiger partial charge in [-0.05, 0) is 29.3 Å². The van der Waals surface area contributed by atoms with Crippen molar-refractivity contribution in [2.75, 3.05) is 5.73 Å². The lowest BCUT2D eigenvalue weighted by atomic mass is 10.1. The van der Waals surface area contributed by atoms with Gasteiger partial charge >= 0.3 is 0 Å². The maximum atomic E-state index is 9.13. The molecule has 128 valence electrons. The van der Waals surface area contributed by atoms with Crippen molar-refractivity contribution in [2.24, 2.45) is 0 Å². The molecule has 25 heavy (non-hydrogen) atoms. The zero-order valence-electron chi connectivity index (χ0n) is 13.2. The van der Waals surface area contributed by atoms with Crippen LogP contribution in [0, 0.1) is 0 Å². The molecule has 1 aromatic heterocycles. The van der Waals surface area contributed by atoms with Gasteiger partial charge in [0.15, 0.2) is 11.6 Å². The van der Waals surface area contributed by atoms with Crippen LogP contribution in [0.1, 0.15) is 11.1 Å². The van der Waals surface area contributed by atoms with E-state index < -0.39 is 0 Å². The molecule has 0 bridgehead atoms. The molecule has 3 N–H and O–H groups in total. The van der Waals surface area contributed by atoms with E-state index in [2.05, 4.69) is 4.98 Å². The summed E-state index contributed by atoms with van der Waals surface area (Å²) < 4.78 is 5.80. The number of aliphatic hydroxyl groups is 1. The Labute approximate surface area is 155 Å². The zero-order chi connectivity index (χ0) is 17.8. The highest BCUT2D eigenvalue weighted by molar-refractivity contribution is 6.35. The normalized spacial score (nSPS) is 10.7. The molecule has 4 nitrogen and oxygen atoms in total. The van der Waals surface area contributed by atoms with Crippen molar-refractivity contribution in [1.29, 1.82) is 0 Å². The fourth-order valence-corrected chi connectivity index (χ4v) is 2.86. The van der Waals surface area contributed by atoms with Crippen LogP contribution in [0.25, 0.3) is 11.1 Å². The van der Waals surface area contributed by atoms with E-state index in [1.807, 2.05) is 30.3 Å². The first-order valence-corrected chi connectivity index (χ1v) is 8.35. The number of benzene rings is 2. The molecular weight excluding hydrogens is 359 g/mol. The first-order chi connectivity index (χ1) is 12.1. The predicted octanol–water partition coefficient (Wildman–Crippen LogP) is 4.71. The van der Waals surface area contributed by atoms with E-state index in [9.17, 15) is 0 Å². The summed E-state index contributed by atoms with van der Waals surface area (Å²) in [4.78, 5) is 4.19. The summed E-state index contributed by atoms with van der Waals surface area (Å²) in [6, 6.07) is 14.6. The lowest BCUT2D eigenvalue weighted by molar-refractivity contribution is 0.282. The Hall–Kier alpha value is -2.27. The van der Waals surface area contributed by atoms with E-state index in [4.69, 9.17) is 38.8 Å². The second-order valence-electron chi connectivity index (χ2n) is 5.45. The highest BCUT2D eigenvalue weighted by Gasteiger charge is 2.10. The Kier molecular flexibility index (Phi) is 5.43. The van der Waals surface area contributed by atoms with Crippen molar-refractivity contribution in [3.63, 3.8) is 0 Å². The van der Waals surface area contributed by atoms with Gasteiger partial charge in [-0.3, -0.25) is 0 Å². The molecule has 0 atom stereocenters. The zero-order valence-corrected chi connectivity index (χ0v) is 14.8. The second kappa shape index (κ2) is 7.74. The summed E-state index contributed by atoms with van der Waals surface area (Å²) in [5.74, 6) is 0.749. The molecule has 0 spiro atoms. The number of halogens is 2. The average Bonchev–Trinajstić information content (AvgIpc) is 2.63. The van der Waals surface area contributed by atoms with Crippen LogP contribution >= 0.6 is 23.2 Å². The van der Waals surface area contributed by atoms with E-state index in [0.717, 1.165) is 16.7 Å². The number of hydrogen-bond acceptors (Lipinski definition) is 4. The van der Waals surface area contributed by atoms with Crippen LogP contribution in [0.2, 0.25) is 10.0 Å². The van der Waals surface area contributed by atoms with Gasteiger partial charge in [-0.2, -0.15) is 0 Å². The van der Waals surface area contributed by atoms with Crippen molar-refractivity contribution < 1.29 is 9.84 Å². The van der Waals surface area contributed by atoms with Gasteiger partial charge in [0, 0.05) is 27.4 Å². The molecule has 3 aromatic rings. The van der Waals surface area contributed by atoms with Gasteiger partial charge < -0.3 is 15.6 Å². The Morgan fingerprint density at radius 3 is 2.32 bits per heavy atom. The Morgan fingerprint density at radius 1 is 1.00 bits per heavy atom. The summed E-state index contributed by atoms with van der Waals surface area (Å²) in [6.45, 7) is 0.199. The first-order valence-electron chi connectivity index (χ1n) is 7.60. The van der Waals surface area contributed by atoms with Gasteiger partial charge in [-0.1, -0.05) is 53.5 Å². The van der Waals surface area contributed by atoms with Crippen molar-refractivity contribution in [3.8, 4) is 16.9 Å². The minimum Gasteiger partial charge on any atom is -0.485 e. The largest absolute Gasteiger partial charge is 0.485 e. The van der Waals surface area contributed by atoms with Gasteiger partial charge in [-0.25, -0.2) is 4.98 Å². The third-order valence-corrected chi connectivity index (χ3v) is 4.49. The maximum Gasteiger partial charge on any atom is 0.166 e. The molecule has 0 aliphatic heterocycles. The number of aromatic nitrogens is 1. The molecule has 0 radical (unpaired) electrons. The predicted molar refractivity (Wildman–Crippen MR) is 101 cm³/mol. The van der Waals surface area contributed by atoms with Gasteiger partial charge in [0.1, 0.15) is 6.61 Å². The average molecular weight is 375 g/mol. The molecule has 1 heterocycles. The minimum absolute atomic E-state index is 0.00717. The van der Waals surface area contributed by atoms with Gasteiger partial charge in [0.05, 0.1) is 6.61 Å². The van der Waals surface area contributed by atoms with Crippen LogP contribution in [0.4, 0.5) is 5.82 Å². The van der Waals surface area contributed by atoms with Crippen LogP contribution in [0.15, 0.2) is 54.7 Å². The van der Waals surface area contributed by atoms with E-state index in [-0.39, 0.29) is 13.2 Å². The molecule has 0 amide bonds. The molecule has 0 saturated carbocycles. The van der Waals surface area contributed by atoms with Crippen LogP contribution in [0.5, 0.6) is 5.75 Å². The lowest BCUT2D eigenvalue weighted by Crippen LogP contribution is -2.02. The summed E-state index contributed by atoms with van der Waals surface area (Å²) in [5, 5.41) is 10.2. The molecule has 6 heteroatoms. The number of hydrogen-bond donors (Lipinski definition) is 2.